The zero-order valence-corrected chi connectivity index (χ0v) is 20.5. The summed E-state index contributed by atoms with van der Waals surface area (Å²) in [6.07, 6.45) is 0.413. The number of carbonyl (C=O) groups excluding carboxylic acids is 3. The molecule has 3 atom stereocenters. The Labute approximate surface area is 200 Å². The lowest BCUT2D eigenvalue weighted by molar-refractivity contribution is -0.136. The Hall–Kier alpha value is -2.79. The lowest BCUT2D eigenvalue weighted by Gasteiger charge is -2.28. The monoisotopic (exact) mass is 525 g/mol. The molecule has 1 aromatic heterocycles. The fourth-order valence-corrected chi connectivity index (χ4v) is 3.19. The minimum absolute atomic E-state index is 0.0680. The van der Waals surface area contributed by atoms with Crippen LogP contribution in [0.15, 0.2) is 41.1 Å². The molecule has 0 spiro atoms. The summed E-state index contributed by atoms with van der Waals surface area (Å²) < 4.78 is 16.5. The molecule has 3 amide bonds. The van der Waals surface area contributed by atoms with Gasteiger partial charge in [-0.15, -0.1) is 0 Å². The molecule has 2 rings (SSSR count). The number of nitrogens with zero attached hydrogens (tertiary/aromatic N) is 2. The lowest BCUT2D eigenvalue weighted by Crippen LogP contribution is -2.56. The summed E-state index contributed by atoms with van der Waals surface area (Å²) in [5.74, 6) is -2.10. The van der Waals surface area contributed by atoms with Gasteiger partial charge in [0.15, 0.2) is 0 Å². The first-order chi connectivity index (χ1) is 15.4. The zero-order chi connectivity index (χ0) is 24.8. The van der Waals surface area contributed by atoms with Crippen molar-refractivity contribution in [1.82, 2.24) is 25.7 Å². The van der Waals surface area contributed by atoms with Crippen molar-refractivity contribution in [2.75, 3.05) is 6.54 Å². The molecule has 3 unspecified atom stereocenters. The van der Waals surface area contributed by atoms with E-state index in [0.717, 1.165) is 0 Å². The summed E-state index contributed by atoms with van der Waals surface area (Å²) in [4.78, 5) is 37.6. The van der Waals surface area contributed by atoms with E-state index in [1.165, 1.54) is 29.8 Å². The quantitative estimate of drug-likeness (QED) is 0.396. The van der Waals surface area contributed by atoms with E-state index >= 15 is 0 Å². The van der Waals surface area contributed by atoms with Gasteiger partial charge in [0.2, 0.25) is 17.7 Å². The minimum atomic E-state index is -1.26. The number of carbonyl (C=O) groups is 3. The van der Waals surface area contributed by atoms with Crippen LogP contribution in [0, 0.1) is 11.2 Å². The Morgan fingerprint density at radius 3 is 2.39 bits per heavy atom. The number of rotatable bonds is 9. The van der Waals surface area contributed by atoms with E-state index in [1.807, 2.05) is 0 Å². The summed E-state index contributed by atoms with van der Waals surface area (Å²) in [6, 6.07) is 5.32. The van der Waals surface area contributed by atoms with Gasteiger partial charge in [-0.1, -0.05) is 39.0 Å². The van der Waals surface area contributed by atoms with Gasteiger partial charge >= 0.3 is 0 Å². The van der Waals surface area contributed by atoms with Crippen LogP contribution in [0.25, 0.3) is 0 Å². The first-order valence-corrected chi connectivity index (χ1v) is 11.2. The third-order valence-corrected chi connectivity index (χ3v) is 5.17. The number of benzene rings is 1. The molecule has 0 saturated heterocycles. The summed E-state index contributed by atoms with van der Waals surface area (Å²) >= 11 is 3.20. The number of nitrogens with one attached hydrogen (secondary N) is 3. The molecule has 0 saturated carbocycles. The van der Waals surface area contributed by atoms with Gasteiger partial charge in [0, 0.05) is 23.7 Å². The van der Waals surface area contributed by atoms with Crippen LogP contribution in [-0.4, -0.2) is 51.3 Å². The van der Waals surface area contributed by atoms with Crippen molar-refractivity contribution in [3.05, 3.63) is 52.5 Å². The highest BCUT2D eigenvalue weighted by atomic mass is 79.9. The SMILES string of the molecule is CC(O)C(NC(=O)C(C)(C)C)C(=O)NC(CNC(=O)Cn1ccc(Br)n1)c1ccccc1F. The molecule has 33 heavy (non-hydrogen) atoms. The second-order valence-electron chi connectivity index (χ2n) is 8.66. The van der Waals surface area contributed by atoms with E-state index in [2.05, 4.69) is 37.0 Å². The fourth-order valence-electron chi connectivity index (χ4n) is 2.86. The van der Waals surface area contributed by atoms with Gasteiger partial charge < -0.3 is 21.1 Å². The summed E-state index contributed by atoms with van der Waals surface area (Å²) in [5, 5.41) is 22.0. The maximum atomic E-state index is 14.5. The molecule has 9 nitrogen and oxygen atoms in total. The van der Waals surface area contributed by atoms with E-state index in [9.17, 15) is 23.9 Å². The predicted molar refractivity (Wildman–Crippen MR) is 123 cm³/mol. The Bertz CT molecular complexity index is 989. The molecule has 0 fully saturated rings. The Morgan fingerprint density at radius 1 is 1.18 bits per heavy atom. The first kappa shape index (κ1) is 26.5. The Balaban J connectivity index is 2.15. The molecular weight excluding hydrogens is 497 g/mol. The van der Waals surface area contributed by atoms with E-state index in [-0.39, 0.29) is 18.7 Å². The largest absolute Gasteiger partial charge is 0.391 e. The Kier molecular flexibility index (Phi) is 9.12. The van der Waals surface area contributed by atoms with Crippen LogP contribution in [-0.2, 0) is 20.9 Å². The van der Waals surface area contributed by atoms with E-state index in [0.29, 0.717) is 4.60 Å². The number of halogens is 2. The van der Waals surface area contributed by atoms with Crippen molar-refractivity contribution in [1.29, 1.82) is 0 Å². The van der Waals surface area contributed by atoms with Crippen LogP contribution < -0.4 is 16.0 Å². The molecule has 4 N–H and O–H groups in total. The Morgan fingerprint density at radius 2 is 1.85 bits per heavy atom. The summed E-state index contributed by atoms with van der Waals surface area (Å²) in [6.45, 7) is 6.21. The van der Waals surface area contributed by atoms with Crippen molar-refractivity contribution in [3.8, 4) is 0 Å². The minimum Gasteiger partial charge on any atom is -0.391 e. The summed E-state index contributed by atoms with van der Waals surface area (Å²) in [7, 11) is 0. The molecule has 2 aromatic rings. The van der Waals surface area contributed by atoms with E-state index in [4.69, 9.17) is 0 Å². The molecule has 1 heterocycles. The predicted octanol–water partition coefficient (Wildman–Crippen LogP) is 1.67. The fraction of sp³-hybridized carbons (Fsp3) is 0.455. The molecule has 0 radical (unpaired) electrons. The zero-order valence-electron chi connectivity index (χ0n) is 18.9. The number of aliphatic hydroxyl groups is 1. The molecule has 11 heteroatoms. The van der Waals surface area contributed by atoms with Gasteiger partial charge in [0.25, 0.3) is 0 Å². The highest BCUT2D eigenvalue weighted by Crippen LogP contribution is 2.18. The molecule has 180 valence electrons. The van der Waals surface area contributed by atoms with Crippen molar-refractivity contribution >= 4 is 33.7 Å². The maximum absolute atomic E-state index is 14.5. The third-order valence-electron chi connectivity index (χ3n) is 4.75. The molecule has 1 aromatic carbocycles. The maximum Gasteiger partial charge on any atom is 0.245 e. The van der Waals surface area contributed by atoms with Crippen LogP contribution >= 0.6 is 15.9 Å². The van der Waals surface area contributed by atoms with Crippen molar-refractivity contribution in [3.63, 3.8) is 0 Å². The van der Waals surface area contributed by atoms with Crippen molar-refractivity contribution in [2.45, 2.75) is 52.4 Å². The molecule has 0 aliphatic rings. The number of aromatic nitrogens is 2. The number of hydrogen-bond donors (Lipinski definition) is 4. The standard InChI is InChI=1S/C22H29BrFN5O4/c1-13(30)19(27-21(33)22(2,3)4)20(32)26-16(14-7-5-6-8-15(14)24)11-25-18(31)12-29-10-9-17(23)28-29/h5-10,13,16,19,30H,11-12H2,1-4H3,(H,25,31)(H,26,32)(H,27,33). The summed E-state index contributed by atoms with van der Waals surface area (Å²) in [5.41, 5.74) is -0.632. The number of aliphatic hydroxyl groups excluding tert-OH is 1. The van der Waals surface area contributed by atoms with Gasteiger partial charge in [-0.25, -0.2) is 4.39 Å². The highest BCUT2D eigenvalue weighted by molar-refractivity contribution is 9.10. The molecule has 0 aliphatic carbocycles. The van der Waals surface area contributed by atoms with Crippen LogP contribution in [0.5, 0.6) is 0 Å². The molecular formula is C22H29BrFN5O4. The van der Waals surface area contributed by atoms with Gasteiger partial charge in [0.05, 0.1) is 12.1 Å². The number of amides is 3. The second-order valence-corrected chi connectivity index (χ2v) is 9.48. The van der Waals surface area contributed by atoms with Gasteiger partial charge in [-0.2, -0.15) is 5.10 Å². The lowest BCUT2D eigenvalue weighted by atomic mass is 9.94. The van der Waals surface area contributed by atoms with E-state index < -0.39 is 47.1 Å². The van der Waals surface area contributed by atoms with E-state index in [1.54, 1.807) is 39.1 Å². The first-order valence-electron chi connectivity index (χ1n) is 10.4. The van der Waals surface area contributed by atoms with Crippen molar-refractivity contribution in [2.24, 2.45) is 5.41 Å². The van der Waals surface area contributed by atoms with Gasteiger partial charge in [-0.3, -0.25) is 19.1 Å². The molecule has 0 bridgehead atoms. The van der Waals surface area contributed by atoms with Gasteiger partial charge in [-0.05, 0) is 35.0 Å². The smallest absolute Gasteiger partial charge is 0.245 e. The van der Waals surface area contributed by atoms with Gasteiger partial charge in [0.1, 0.15) is 23.0 Å². The topological polar surface area (TPSA) is 125 Å². The average molecular weight is 526 g/mol. The highest BCUT2D eigenvalue weighted by Gasteiger charge is 2.32. The normalized spacial score (nSPS) is 14.2. The third kappa shape index (κ3) is 7.93. The second kappa shape index (κ2) is 11.4. The van der Waals surface area contributed by atoms with Crippen LogP contribution in [0.1, 0.15) is 39.3 Å². The van der Waals surface area contributed by atoms with Crippen LogP contribution in [0.2, 0.25) is 0 Å². The van der Waals surface area contributed by atoms with Crippen molar-refractivity contribution < 1.29 is 23.9 Å². The average Bonchev–Trinajstić information content (AvgIpc) is 3.12. The number of hydrogen-bond acceptors (Lipinski definition) is 5. The molecule has 0 aliphatic heterocycles. The van der Waals surface area contributed by atoms with Crippen LogP contribution in [0.3, 0.4) is 0 Å². The van der Waals surface area contributed by atoms with Crippen LogP contribution in [0.4, 0.5) is 4.39 Å².